The molecule has 2 amide bonds. The summed E-state index contributed by atoms with van der Waals surface area (Å²) in [5, 5.41) is 26.5. The highest BCUT2D eigenvalue weighted by Gasteiger charge is 2.50. The number of imidazole rings is 1. The van der Waals surface area contributed by atoms with Crippen molar-refractivity contribution in [2.75, 3.05) is 37.8 Å². The molecule has 0 bridgehead atoms. The Labute approximate surface area is 392 Å². The predicted octanol–water partition coefficient (Wildman–Crippen LogP) is 4.03. The molecule has 3 rings (SSSR count). The number of unbranched alkanes of at least 4 members (excludes halogenated alkanes) is 3. The first kappa shape index (κ1) is 57.8. The summed E-state index contributed by atoms with van der Waals surface area (Å²) in [7, 11) is -16.4. The molecule has 376 valence electrons. The second-order valence-electron chi connectivity index (χ2n) is 15.6. The molecule has 7 atom stereocenters. The van der Waals surface area contributed by atoms with Crippen LogP contribution in [0.3, 0.4) is 0 Å². The van der Waals surface area contributed by atoms with Crippen molar-refractivity contribution in [1.29, 1.82) is 0 Å². The summed E-state index contributed by atoms with van der Waals surface area (Å²) < 4.78 is 62.4. The monoisotopic (exact) mass is 1030 g/mol. The van der Waals surface area contributed by atoms with Crippen molar-refractivity contribution >= 4 is 69.1 Å². The summed E-state index contributed by atoms with van der Waals surface area (Å²) in [5.41, 5.74) is 4.27. The molecule has 67 heavy (non-hydrogen) atoms. The summed E-state index contributed by atoms with van der Waals surface area (Å²) in [4.78, 5) is 88.2. The van der Waals surface area contributed by atoms with E-state index in [0.29, 0.717) is 12.2 Å². The van der Waals surface area contributed by atoms with Gasteiger partial charge in [-0.3, -0.25) is 32.5 Å². The van der Waals surface area contributed by atoms with Crippen LogP contribution >= 0.6 is 35.2 Å². The van der Waals surface area contributed by atoms with Crippen molar-refractivity contribution in [3.05, 3.63) is 61.3 Å². The van der Waals surface area contributed by atoms with E-state index in [1.807, 2.05) is 12.2 Å². The highest BCUT2D eigenvalue weighted by Crippen LogP contribution is 2.61. The zero-order chi connectivity index (χ0) is 49.7. The van der Waals surface area contributed by atoms with E-state index < -0.39 is 84.6 Å². The van der Waals surface area contributed by atoms with Gasteiger partial charge < -0.3 is 50.9 Å². The minimum absolute atomic E-state index is 0.0297. The molecule has 0 radical (unpaired) electrons. The van der Waals surface area contributed by atoms with Crippen LogP contribution in [0.15, 0.2) is 61.3 Å². The average molecular weight is 1030 g/mol. The topological polar surface area (TPSA) is 364 Å². The number of carbonyl (C=O) groups is 3. The molecule has 0 spiro atoms. The van der Waals surface area contributed by atoms with E-state index >= 15 is 0 Å². The molecular weight excluding hydrogens is 963 g/mol. The van der Waals surface area contributed by atoms with Crippen LogP contribution in [0.4, 0.5) is 5.82 Å². The molecule has 1 fully saturated rings. The number of hydrogen-bond acceptors (Lipinski definition) is 18. The third-order valence-electron chi connectivity index (χ3n) is 9.51. The molecular formula is C39H62N7O17P3S. The number of carbonyl (C=O) groups excluding carboxylic acids is 3. The Kier molecular flexibility index (Phi) is 24.4. The van der Waals surface area contributed by atoms with E-state index in [4.69, 9.17) is 19.5 Å². The molecule has 0 saturated carbocycles. The van der Waals surface area contributed by atoms with Gasteiger partial charge in [-0.05, 0) is 32.1 Å². The van der Waals surface area contributed by atoms with Crippen LogP contribution in [0.2, 0.25) is 0 Å². The number of aliphatic hydroxyl groups excluding tert-OH is 2. The number of amides is 2. The number of nitrogen functional groups attached to an aromatic ring is 1. The smallest absolute Gasteiger partial charge is 0.386 e. The molecule has 24 nitrogen and oxygen atoms in total. The maximum atomic E-state index is 12.7. The molecule has 2 unspecified atom stereocenters. The summed E-state index contributed by atoms with van der Waals surface area (Å²) in [6, 6.07) is 0. The lowest BCUT2D eigenvalue weighted by Crippen LogP contribution is -2.46. The largest absolute Gasteiger partial charge is 0.481 e. The first-order chi connectivity index (χ1) is 31.6. The standard InChI is InChI=1S/C39H62N7O17P3S/c1-4-5-6-7-8-9-10-11-12-13-14-15-16-17-18-19-30(48)67-23-22-41-29(47)20-21-42-37(51)34(50)39(2,3)25-60-66(57,58)63-65(55,56)59-24-28-33(62-64(52,53)54)32(49)38(61-28)46-27-45-31-35(40)43-26-44-36(31)46/h8-9,11-12,14-15,17-18,26-28,32-34,38,49-50H,4-7,10,13,16,19-25H2,1-3H3,(H,41,47)(H,42,51)(H,55,56)(H,57,58)(H2,40,43,44)(H2,52,53,54)/b9-8-,12-11-,15-14-,18-17-/t28-,32-,33-,34+,38-/m1/s1. The van der Waals surface area contributed by atoms with Gasteiger partial charge in [0.1, 0.15) is 36.3 Å². The predicted molar refractivity (Wildman–Crippen MR) is 246 cm³/mol. The zero-order valence-electron chi connectivity index (χ0n) is 37.3. The molecule has 0 aliphatic carbocycles. The molecule has 3 heterocycles. The van der Waals surface area contributed by atoms with Gasteiger partial charge in [-0.1, -0.05) is 94.0 Å². The van der Waals surface area contributed by atoms with Crippen molar-refractivity contribution in [2.24, 2.45) is 5.41 Å². The number of aliphatic hydroxyl groups is 2. The minimum atomic E-state index is -5.58. The van der Waals surface area contributed by atoms with Gasteiger partial charge in [0.05, 0.1) is 19.5 Å². The van der Waals surface area contributed by atoms with Gasteiger partial charge >= 0.3 is 23.5 Å². The minimum Gasteiger partial charge on any atom is -0.386 e. The first-order valence-corrected chi connectivity index (χ1v) is 26.7. The summed E-state index contributed by atoms with van der Waals surface area (Å²) >= 11 is 1.07. The van der Waals surface area contributed by atoms with Gasteiger partial charge in [-0.15, -0.1) is 0 Å². The molecule has 2 aromatic rings. The highest BCUT2D eigenvalue weighted by atomic mass is 32.2. The Hall–Kier alpha value is -3.48. The number of thioether (sulfide) groups is 1. The molecule has 2 aromatic heterocycles. The van der Waals surface area contributed by atoms with Crippen molar-refractivity contribution < 1.29 is 80.5 Å². The number of phosphoric ester groups is 3. The third-order valence-corrected chi connectivity index (χ3v) is 13.5. The summed E-state index contributed by atoms with van der Waals surface area (Å²) in [6.07, 6.45) is 17.1. The van der Waals surface area contributed by atoms with Crippen molar-refractivity contribution in [2.45, 2.75) is 109 Å². The number of nitrogens with two attached hydrogens (primary N) is 1. The fourth-order valence-electron chi connectivity index (χ4n) is 5.98. The highest BCUT2D eigenvalue weighted by molar-refractivity contribution is 8.13. The van der Waals surface area contributed by atoms with Gasteiger partial charge in [0.2, 0.25) is 11.8 Å². The molecule has 1 aliphatic rings. The number of nitrogens with zero attached hydrogens (tertiary/aromatic N) is 4. The number of ether oxygens (including phenoxy) is 1. The van der Waals surface area contributed by atoms with E-state index in [1.54, 1.807) is 6.08 Å². The number of phosphoric acid groups is 3. The zero-order valence-corrected chi connectivity index (χ0v) is 40.8. The van der Waals surface area contributed by atoms with Crippen LogP contribution in [0.1, 0.15) is 84.8 Å². The van der Waals surface area contributed by atoms with Crippen LogP contribution in [-0.2, 0) is 50.7 Å². The van der Waals surface area contributed by atoms with E-state index in [0.717, 1.165) is 48.2 Å². The van der Waals surface area contributed by atoms with E-state index in [1.165, 1.54) is 33.1 Å². The number of fused-ring (bicyclic) bond motifs is 1. The Balaban J connectivity index is 1.34. The summed E-state index contributed by atoms with van der Waals surface area (Å²) in [6.45, 7) is 2.67. The SMILES string of the molecule is CCCCC/C=C\C/C=C\C/C=C\C/C=C\CC(=O)SCCNC(=O)CCNC(=O)[C@H](O)C(C)(C)COP(=O)(O)OP(=O)(O)OC[C@H]1O[C@@H](n2cnc3c(N)ncnc32)[C@H](O)[C@@H]1OP(=O)(O)O. The van der Waals surface area contributed by atoms with Crippen molar-refractivity contribution in [1.82, 2.24) is 30.2 Å². The Morgan fingerprint density at radius 2 is 1.57 bits per heavy atom. The molecule has 1 saturated heterocycles. The van der Waals surface area contributed by atoms with Gasteiger partial charge in [0.25, 0.3) is 0 Å². The van der Waals surface area contributed by atoms with Crippen LogP contribution in [0.5, 0.6) is 0 Å². The van der Waals surface area contributed by atoms with Gasteiger partial charge in [-0.2, -0.15) is 4.31 Å². The number of hydrogen-bond donors (Lipinski definition) is 9. The van der Waals surface area contributed by atoms with E-state index in [2.05, 4.69) is 71.7 Å². The van der Waals surface area contributed by atoms with E-state index in [-0.39, 0.29) is 48.0 Å². The molecule has 0 aromatic carbocycles. The van der Waals surface area contributed by atoms with Crippen LogP contribution < -0.4 is 16.4 Å². The number of nitrogens with one attached hydrogen (secondary N) is 2. The van der Waals surface area contributed by atoms with Crippen molar-refractivity contribution in [3.63, 3.8) is 0 Å². The Bertz CT molecular complexity index is 2190. The molecule has 1 aliphatic heterocycles. The number of rotatable bonds is 31. The van der Waals surface area contributed by atoms with E-state index in [9.17, 15) is 57.9 Å². The lowest BCUT2D eigenvalue weighted by molar-refractivity contribution is -0.137. The van der Waals surface area contributed by atoms with Gasteiger partial charge in [0.15, 0.2) is 22.8 Å². The maximum Gasteiger partial charge on any atom is 0.481 e. The third kappa shape index (κ3) is 21.4. The lowest BCUT2D eigenvalue weighted by Gasteiger charge is -2.30. The quantitative estimate of drug-likeness (QED) is 0.0292. The van der Waals surface area contributed by atoms with Crippen LogP contribution in [0, 0.1) is 5.41 Å². The fourth-order valence-corrected chi connectivity index (χ4v) is 9.45. The average Bonchev–Trinajstić information content (AvgIpc) is 3.81. The molecule has 10 N–H and O–H groups in total. The normalized spacial score (nSPS) is 20.6. The van der Waals surface area contributed by atoms with Crippen LogP contribution in [0.25, 0.3) is 11.2 Å². The first-order valence-electron chi connectivity index (χ1n) is 21.2. The Morgan fingerprint density at radius 1 is 0.925 bits per heavy atom. The van der Waals surface area contributed by atoms with Gasteiger partial charge in [-0.25, -0.2) is 28.6 Å². The second-order valence-corrected chi connectivity index (χ2v) is 21.0. The Morgan fingerprint density at radius 3 is 2.22 bits per heavy atom. The number of anilines is 1. The second kappa shape index (κ2) is 28.3. The molecule has 28 heteroatoms. The fraction of sp³-hybridized carbons (Fsp3) is 0.590. The van der Waals surface area contributed by atoms with Crippen LogP contribution in [-0.4, -0.2) is 123 Å². The number of allylic oxidation sites excluding steroid dienone is 8. The lowest BCUT2D eigenvalue weighted by atomic mass is 9.87. The van der Waals surface area contributed by atoms with Gasteiger partial charge in [0, 0.05) is 37.1 Å². The number of aromatic nitrogens is 4. The summed E-state index contributed by atoms with van der Waals surface area (Å²) in [5.74, 6) is -1.13. The maximum absolute atomic E-state index is 12.7. The van der Waals surface area contributed by atoms with Crippen molar-refractivity contribution in [3.8, 4) is 0 Å².